The van der Waals surface area contributed by atoms with Crippen LogP contribution in [0.15, 0.2) is 28.7 Å². The Hall–Kier alpha value is -0.580. The zero-order chi connectivity index (χ0) is 12.0. The molecular formula is C12H19BrN2O. The Morgan fingerprint density at radius 3 is 2.81 bits per heavy atom. The number of halogens is 1. The standard InChI is InChI=1S/C12H19BrN2O/c1-9(8-16-2)12(7-14)15-11-5-3-4-10(13)6-11/h3-6,9,12,15H,7-8,14H2,1-2H3. The number of anilines is 1. The molecule has 0 radical (unpaired) electrons. The Kier molecular flexibility index (Phi) is 5.80. The number of ether oxygens (including phenoxy) is 1. The molecule has 1 aromatic carbocycles. The van der Waals surface area contributed by atoms with Gasteiger partial charge in [0.25, 0.3) is 0 Å². The Morgan fingerprint density at radius 2 is 2.25 bits per heavy atom. The Balaban J connectivity index is 2.62. The van der Waals surface area contributed by atoms with E-state index in [0.717, 1.165) is 10.2 Å². The fourth-order valence-electron chi connectivity index (χ4n) is 1.60. The summed E-state index contributed by atoms with van der Waals surface area (Å²) in [6.07, 6.45) is 0. The number of rotatable bonds is 6. The van der Waals surface area contributed by atoms with Crippen LogP contribution in [0.2, 0.25) is 0 Å². The molecule has 0 aromatic heterocycles. The minimum Gasteiger partial charge on any atom is -0.384 e. The lowest BCUT2D eigenvalue weighted by molar-refractivity contribution is 0.151. The fourth-order valence-corrected chi connectivity index (χ4v) is 2.00. The molecule has 2 atom stereocenters. The van der Waals surface area contributed by atoms with Crippen molar-refractivity contribution in [1.29, 1.82) is 0 Å². The number of nitrogens with two attached hydrogens (primary N) is 1. The summed E-state index contributed by atoms with van der Waals surface area (Å²) >= 11 is 3.45. The van der Waals surface area contributed by atoms with E-state index in [1.54, 1.807) is 7.11 Å². The molecule has 0 heterocycles. The first-order chi connectivity index (χ1) is 7.67. The lowest BCUT2D eigenvalue weighted by Crippen LogP contribution is -2.37. The number of hydrogen-bond donors (Lipinski definition) is 2. The van der Waals surface area contributed by atoms with Crippen LogP contribution in [0.4, 0.5) is 5.69 Å². The molecule has 0 bridgehead atoms. The van der Waals surface area contributed by atoms with Gasteiger partial charge in [-0.15, -0.1) is 0 Å². The maximum absolute atomic E-state index is 5.76. The topological polar surface area (TPSA) is 47.3 Å². The molecule has 0 aliphatic rings. The van der Waals surface area contributed by atoms with Crippen LogP contribution in [0.25, 0.3) is 0 Å². The molecule has 0 aliphatic heterocycles. The van der Waals surface area contributed by atoms with Crippen molar-refractivity contribution in [3.05, 3.63) is 28.7 Å². The molecular weight excluding hydrogens is 268 g/mol. The van der Waals surface area contributed by atoms with Gasteiger partial charge >= 0.3 is 0 Å². The van der Waals surface area contributed by atoms with E-state index in [0.29, 0.717) is 19.1 Å². The molecule has 0 saturated carbocycles. The van der Waals surface area contributed by atoms with E-state index < -0.39 is 0 Å². The first-order valence-electron chi connectivity index (χ1n) is 5.38. The van der Waals surface area contributed by atoms with Crippen molar-refractivity contribution in [3.8, 4) is 0 Å². The smallest absolute Gasteiger partial charge is 0.0507 e. The molecule has 4 heteroatoms. The van der Waals surface area contributed by atoms with Crippen LogP contribution in [-0.2, 0) is 4.74 Å². The van der Waals surface area contributed by atoms with Gasteiger partial charge in [-0.2, -0.15) is 0 Å². The minimum absolute atomic E-state index is 0.231. The van der Waals surface area contributed by atoms with Crippen LogP contribution in [0.5, 0.6) is 0 Å². The van der Waals surface area contributed by atoms with Crippen LogP contribution >= 0.6 is 15.9 Å². The normalized spacial score (nSPS) is 14.5. The van der Waals surface area contributed by atoms with Gasteiger partial charge in [-0.1, -0.05) is 28.9 Å². The zero-order valence-corrected chi connectivity index (χ0v) is 11.3. The molecule has 0 aliphatic carbocycles. The summed E-state index contributed by atoms with van der Waals surface area (Å²) in [6.45, 7) is 3.44. The van der Waals surface area contributed by atoms with E-state index in [9.17, 15) is 0 Å². The second kappa shape index (κ2) is 6.89. The average molecular weight is 287 g/mol. The highest BCUT2D eigenvalue weighted by atomic mass is 79.9. The van der Waals surface area contributed by atoms with Gasteiger partial charge in [0, 0.05) is 35.8 Å². The van der Waals surface area contributed by atoms with Crippen LogP contribution in [-0.4, -0.2) is 26.3 Å². The second-order valence-corrected chi connectivity index (χ2v) is 4.85. The number of nitrogens with one attached hydrogen (secondary N) is 1. The lowest BCUT2D eigenvalue weighted by atomic mass is 10.0. The third-order valence-electron chi connectivity index (χ3n) is 2.55. The third-order valence-corrected chi connectivity index (χ3v) is 3.04. The van der Waals surface area contributed by atoms with Crippen molar-refractivity contribution >= 4 is 21.6 Å². The molecule has 3 N–H and O–H groups in total. The second-order valence-electron chi connectivity index (χ2n) is 3.93. The van der Waals surface area contributed by atoms with Gasteiger partial charge in [0.05, 0.1) is 6.61 Å². The van der Waals surface area contributed by atoms with Crippen molar-refractivity contribution in [3.63, 3.8) is 0 Å². The number of hydrogen-bond acceptors (Lipinski definition) is 3. The van der Waals surface area contributed by atoms with Crippen molar-refractivity contribution in [2.24, 2.45) is 11.7 Å². The van der Waals surface area contributed by atoms with Gasteiger partial charge in [-0.05, 0) is 18.2 Å². The maximum Gasteiger partial charge on any atom is 0.0507 e. The van der Waals surface area contributed by atoms with E-state index in [-0.39, 0.29) is 6.04 Å². The van der Waals surface area contributed by atoms with E-state index in [2.05, 4.69) is 28.2 Å². The van der Waals surface area contributed by atoms with Crippen LogP contribution in [0.3, 0.4) is 0 Å². The van der Waals surface area contributed by atoms with Gasteiger partial charge in [0.2, 0.25) is 0 Å². The van der Waals surface area contributed by atoms with Gasteiger partial charge in [-0.25, -0.2) is 0 Å². The van der Waals surface area contributed by atoms with Crippen molar-refractivity contribution in [1.82, 2.24) is 0 Å². The highest BCUT2D eigenvalue weighted by Crippen LogP contribution is 2.18. The maximum atomic E-state index is 5.76. The highest BCUT2D eigenvalue weighted by molar-refractivity contribution is 9.10. The first-order valence-corrected chi connectivity index (χ1v) is 6.17. The average Bonchev–Trinajstić information content (AvgIpc) is 2.26. The van der Waals surface area contributed by atoms with Gasteiger partial charge in [0.15, 0.2) is 0 Å². The molecule has 16 heavy (non-hydrogen) atoms. The molecule has 90 valence electrons. The molecule has 0 saturated heterocycles. The molecule has 3 nitrogen and oxygen atoms in total. The van der Waals surface area contributed by atoms with Crippen molar-refractivity contribution in [2.45, 2.75) is 13.0 Å². The molecule has 0 spiro atoms. The van der Waals surface area contributed by atoms with Crippen LogP contribution in [0.1, 0.15) is 6.92 Å². The summed E-state index contributed by atoms with van der Waals surface area (Å²) < 4.78 is 6.21. The zero-order valence-electron chi connectivity index (χ0n) is 9.74. The Labute approximate surface area is 105 Å². The molecule has 2 unspecified atom stereocenters. The van der Waals surface area contributed by atoms with E-state index >= 15 is 0 Å². The summed E-state index contributed by atoms with van der Waals surface area (Å²) in [6, 6.07) is 8.31. The van der Waals surface area contributed by atoms with Crippen molar-refractivity contribution < 1.29 is 4.74 Å². The van der Waals surface area contributed by atoms with Crippen LogP contribution in [0, 0.1) is 5.92 Å². The van der Waals surface area contributed by atoms with E-state index in [1.165, 1.54) is 0 Å². The fraction of sp³-hybridized carbons (Fsp3) is 0.500. The van der Waals surface area contributed by atoms with Crippen LogP contribution < -0.4 is 11.1 Å². The van der Waals surface area contributed by atoms with E-state index in [4.69, 9.17) is 10.5 Å². The SMILES string of the molecule is COCC(C)C(CN)Nc1cccc(Br)c1. The summed E-state index contributed by atoms with van der Waals surface area (Å²) in [7, 11) is 1.71. The largest absolute Gasteiger partial charge is 0.384 e. The van der Waals surface area contributed by atoms with E-state index in [1.807, 2.05) is 24.3 Å². The lowest BCUT2D eigenvalue weighted by Gasteiger charge is -2.24. The summed E-state index contributed by atoms with van der Waals surface area (Å²) in [4.78, 5) is 0. The van der Waals surface area contributed by atoms with Gasteiger partial charge < -0.3 is 15.8 Å². The monoisotopic (exact) mass is 286 g/mol. The summed E-state index contributed by atoms with van der Waals surface area (Å²) in [5.74, 6) is 0.383. The minimum atomic E-state index is 0.231. The predicted octanol–water partition coefficient (Wildman–Crippen LogP) is 2.47. The quantitative estimate of drug-likeness (QED) is 0.845. The van der Waals surface area contributed by atoms with Crippen molar-refractivity contribution in [2.75, 3.05) is 25.6 Å². The number of methoxy groups -OCH3 is 1. The molecule has 0 fully saturated rings. The highest BCUT2D eigenvalue weighted by Gasteiger charge is 2.15. The predicted molar refractivity (Wildman–Crippen MR) is 71.6 cm³/mol. The summed E-state index contributed by atoms with van der Waals surface area (Å²) in [5, 5.41) is 3.42. The van der Waals surface area contributed by atoms with Gasteiger partial charge in [-0.3, -0.25) is 0 Å². The molecule has 1 rings (SSSR count). The number of benzene rings is 1. The Morgan fingerprint density at radius 1 is 1.50 bits per heavy atom. The van der Waals surface area contributed by atoms with Gasteiger partial charge in [0.1, 0.15) is 0 Å². The third kappa shape index (κ3) is 4.12. The first kappa shape index (κ1) is 13.5. The summed E-state index contributed by atoms with van der Waals surface area (Å²) in [5.41, 5.74) is 6.84. The molecule has 0 amide bonds. The molecule has 1 aromatic rings. The Bertz CT molecular complexity index is 320.